The molecule has 0 radical (unpaired) electrons. The van der Waals surface area contributed by atoms with Gasteiger partial charge in [0, 0.05) is 6.42 Å². The zero-order chi connectivity index (χ0) is 10.8. The molecule has 0 aromatic heterocycles. The number of aliphatic hydroxyl groups is 1. The second-order valence-electron chi connectivity index (χ2n) is 3.77. The Morgan fingerprint density at radius 2 is 1.79 bits per heavy atom. The maximum Gasteiger partial charge on any atom is 0.303 e. The maximum absolute atomic E-state index is 11.0. The first kappa shape index (κ1) is 11.5. The number of rotatable bonds is 3. The van der Waals surface area contributed by atoms with Gasteiger partial charge >= 0.3 is 5.97 Å². The Morgan fingerprint density at radius 1 is 1.29 bits per heavy atom. The van der Waals surface area contributed by atoms with E-state index in [-0.39, 0.29) is 37.2 Å². The van der Waals surface area contributed by atoms with E-state index in [2.05, 4.69) is 0 Å². The largest absolute Gasteiger partial charge is 0.481 e. The third kappa shape index (κ3) is 3.26. The van der Waals surface area contributed by atoms with E-state index in [1.54, 1.807) is 0 Å². The van der Waals surface area contributed by atoms with E-state index in [1.165, 1.54) is 0 Å². The minimum Gasteiger partial charge on any atom is -0.481 e. The molecule has 0 amide bonds. The highest BCUT2D eigenvalue weighted by molar-refractivity contribution is 7.91. The van der Waals surface area contributed by atoms with Gasteiger partial charge < -0.3 is 10.2 Å². The average molecular weight is 222 g/mol. The highest BCUT2D eigenvalue weighted by Gasteiger charge is 2.35. The van der Waals surface area contributed by atoms with Crippen LogP contribution in [0.2, 0.25) is 0 Å². The van der Waals surface area contributed by atoms with Gasteiger partial charge in [-0.15, -0.1) is 0 Å². The fourth-order valence-electron chi connectivity index (χ4n) is 1.51. The summed E-state index contributed by atoms with van der Waals surface area (Å²) in [5.41, 5.74) is -1.09. The molecule has 2 N–H and O–H groups in total. The van der Waals surface area contributed by atoms with Crippen LogP contribution in [0.25, 0.3) is 0 Å². The van der Waals surface area contributed by atoms with Crippen LogP contribution in [-0.2, 0) is 14.6 Å². The smallest absolute Gasteiger partial charge is 0.303 e. The Labute approximate surface area is 82.7 Å². The van der Waals surface area contributed by atoms with Crippen LogP contribution in [0, 0.1) is 0 Å². The molecule has 0 bridgehead atoms. The number of carbonyl (C=O) groups is 1. The van der Waals surface area contributed by atoms with Crippen LogP contribution in [0.3, 0.4) is 0 Å². The molecule has 0 aromatic rings. The molecule has 1 aliphatic heterocycles. The SMILES string of the molecule is O=C(O)CCC1(O)CCS(=O)(=O)CC1. The van der Waals surface area contributed by atoms with Crippen molar-refractivity contribution in [1.29, 1.82) is 0 Å². The van der Waals surface area contributed by atoms with Crippen LogP contribution in [0.1, 0.15) is 25.7 Å². The zero-order valence-electron chi connectivity index (χ0n) is 7.77. The Hall–Kier alpha value is -0.620. The molecular weight excluding hydrogens is 208 g/mol. The van der Waals surface area contributed by atoms with E-state index in [9.17, 15) is 18.3 Å². The first-order valence-corrected chi connectivity index (χ1v) is 6.30. The molecular formula is C8H14O5S. The summed E-state index contributed by atoms with van der Waals surface area (Å²) in [5, 5.41) is 18.3. The predicted octanol–water partition coefficient (Wildman–Crippen LogP) is -0.209. The van der Waals surface area contributed by atoms with E-state index < -0.39 is 21.4 Å². The lowest BCUT2D eigenvalue weighted by atomic mass is 9.91. The highest BCUT2D eigenvalue weighted by atomic mass is 32.2. The van der Waals surface area contributed by atoms with Crippen LogP contribution < -0.4 is 0 Å². The third-order valence-corrected chi connectivity index (χ3v) is 4.21. The van der Waals surface area contributed by atoms with Crippen molar-refractivity contribution >= 4 is 15.8 Å². The lowest BCUT2D eigenvalue weighted by Crippen LogP contribution is -2.39. The number of sulfone groups is 1. The van der Waals surface area contributed by atoms with Crippen molar-refractivity contribution in [3.05, 3.63) is 0 Å². The van der Waals surface area contributed by atoms with E-state index in [0.29, 0.717) is 0 Å². The zero-order valence-corrected chi connectivity index (χ0v) is 8.59. The number of carboxylic acid groups (broad SMARTS) is 1. The van der Waals surface area contributed by atoms with Crippen molar-refractivity contribution in [2.75, 3.05) is 11.5 Å². The highest BCUT2D eigenvalue weighted by Crippen LogP contribution is 2.27. The van der Waals surface area contributed by atoms with Crippen LogP contribution in [0.15, 0.2) is 0 Å². The van der Waals surface area contributed by atoms with Crippen LogP contribution in [0.4, 0.5) is 0 Å². The molecule has 0 aromatic carbocycles. The standard InChI is InChI=1S/C8H14O5S/c9-7(10)1-2-8(11)3-5-14(12,13)6-4-8/h11H,1-6H2,(H,9,10). The molecule has 6 heteroatoms. The number of aliphatic carboxylic acids is 1. The molecule has 5 nitrogen and oxygen atoms in total. The van der Waals surface area contributed by atoms with Crippen molar-refractivity contribution in [2.24, 2.45) is 0 Å². The molecule has 82 valence electrons. The van der Waals surface area contributed by atoms with Gasteiger partial charge in [-0.2, -0.15) is 0 Å². The Balaban J connectivity index is 2.49. The summed E-state index contributed by atoms with van der Waals surface area (Å²) in [5.74, 6) is -1.04. The number of hydrogen-bond donors (Lipinski definition) is 2. The minimum absolute atomic E-state index is 0.0386. The molecule has 14 heavy (non-hydrogen) atoms. The first-order valence-electron chi connectivity index (χ1n) is 4.48. The van der Waals surface area contributed by atoms with Gasteiger partial charge in [0.2, 0.25) is 0 Å². The van der Waals surface area contributed by atoms with Crippen molar-refractivity contribution in [1.82, 2.24) is 0 Å². The van der Waals surface area contributed by atoms with E-state index in [4.69, 9.17) is 5.11 Å². The molecule has 0 unspecified atom stereocenters. The molecule has 0 saturated carbocycles. The molecule has 0 atom stereocenters. The summed E-state index contributed by atoms with van der Waals surface area (Å²) in [7, 11) is -3.00. The van der Waals surface area contributed by atoms with Gasteiger partial charge in [-0.25, -0.2) is 8.42 Å². The van der Waals surface area contributed by atoms with Gasteiger partial charge in [0.1, 0.15) is 0 Å². The summed E-state index contributed by atoms with van der Waals surface area (Å²) >= 11 is 0. The molecule has 1 aliphatic rings. The fourth-order valence-corrected chi connectivity index (χ4v) is 3.09. The maximum atomic E-state index is 11.0. The van der Waals surface area contributed by atoms with Crippen LogP contribution in [0.5, 0.6) is 0 Å². The summed E-state index contributed by atoms with van der Waals surface area (Å²) in [6.07, 6.45) is 0.333. The Bertz CT molecular complexity index is 305. The average Bonchev–Trinajstić information content (AvgIpc) is 2.08. The number of hydrogen-bond acceptors (Lipinski definition) is 4. The molecule has 1 saturated heterocycles. The lowest BCUT2D eigenvalue weighted by molar-refractivity contribution is -0.138. The van der Waals surface area contributed by atoms with E-state index >= 15 is 0 Å². The first-order chi connectivity index (χ1) is 6.33. The van der Waals surface area contributed by atoms with Gasteiger partial charge in [-0.1, -0.05) is 0 Å². The quantitative estimate of drug-likeness (QED) is 0.689. The van der Waals surface area contributed by atoms with Crippen molar-refractivity contribution in [3.8, 4) is 0 Å². The fraction of sp³-hybridized carbons (Fsp3) is 0.875. The predicted molar refractivity (Wildman–Crippen MR) is 49.7 cm³/mol. The Kier molecular flexibility index (Phi) is 3.16. The Morgan fingerprint density at radius 3 is 2.21 bits per heavy atom. The second-order valence-corrected chi connectivity index (χ2v) is 6.07. The van der Waals surface area contributed by atoms with Gasteiger partial charge in [0.15, 0.2) is 9.84 Å². The molecule has 1 fully saturated rings. The summed E-state index contributed by atoms with van der Waals surface area (Å²) < 4.78 is 22.1. The summed E-state index contributed by atoms with van der Waals surface area (Å²) in [4.78, 5) is 10.3. The lowest BCUT2D eigenvalue weighted by Gasteiger charge is -2.31. The minimum atomic E-state index is -3.00. The van der Waals surface area contributed by atoms with Crippen molar-refractivity contribution in [3.63, 3.8) is 0 Å². The topological polar surface area (TPSA) is 91.7 Å². The van der Waals surface area contributed by atoms with E-state index in [0.717, 1.165) is 0 Å². The second kappa shape index (κ2) is 3.86. The molecule has 1 heterocycles. The van der Waals surface area contributed by atoms with Crippen molar-refractivity contribution in [2.45, 2.75) is 31.3 Å². The van der Waals surface area contributed by atoms with Gasteiger partial charge in [0.05, 0.1) is 17.1 Å². The summed E-state index contributed by atoms with van der Waals surface area (Å²) in [6.45, 7) is 0. The molecule has 1 rings (SSSR count). The van der Waals surface area contributed by atoms with Gasteiger partial charge in [-0.05, 0) is 19.3 Å². The molecule has 0 aliphatic carbocycles. The van der Waals surface area contributed by atoms with E-state index in [1.807, 2.05) is 0 Å². The third-order valence-electron chi connectivity index (χ3n) is 2.56. The normalized spacial score (nSPS) is 24.4. The van der Waals surface area contributed by atoms with Gasteiger partial charge in [-0.3, -0.25) is 4.79 Å². The van der Waals surface area contributed by atoms with Crippen LogP contribution >= 0.6 is 0 Å². The van der Waals surface area contributed by atoms with Crippen LogP contribution in [-0.4, -0.2) is 41.7 Å². The summed E-state index contributed by atoms with van der Waals surface area (Å²) in [6, 6.07) is 0. The number of carboxylic acids is 1. The monoisotopic (exact) mass is 222 g/mol. The molecule has 0 spiro atoms. The van der Waals surface area contributed by atoms with Crippen molar-refractivity contribution < 1.29 is 23.4 Å². The van der Waals surface area contributed by atoms with Gasteiger partial charge in [0.25, 0.3) is 0 Å².